The standard InChI is InChI=1S/C21H21F2N3O4/c1-3-29-18-10-14(8-9-17(18)30-21(22)23)12-25(2)19(27)13-26-20(28)16-7-5-4-6-15(16)11-24-26/h4-11,21H,3,12-13H2,1-2H3. The summed E-state index contributed by atoms with van der Waals surface area (Å²) in [6, 6.07) is 11.5. The van der Waals surface area contributed by atoms with E-state index in [2.05, 4.69) is 9.84 Å². The molecule has 0 radical (unpaired) electrons. The van der Waals surface area contributed by atoms with E-state index in [0.29, 0.717) is 16.3 Å². The van der Waals surface area contributed by atoms with Crippen molar-refractivity contribution in [3.63, 3.8) is 0 Å². The summed E-state index contributed by atoms with van der Waals surface area (Å²) >= 11 is 0. The van der Waals surface area contributed by atoms with Crippen LogP contribution in [0.2, 0.25) is 0 Å². The van der Waals surface area contributed by atoms with Crippen LogP contribution in [-0.2, 0) is 17.9 Å². The zero-order chi connectivity index (χ0) is 21.7. The molecule has 0 N–H and O–H groups in total. The molecule has 0 atom stereocenters. The topological polar surface area (TPSA) is 73.7 Å². The Morgan fingerprint density at radius 1 is 1.20 bits per heavy atom. The molecule has 0 spiro atoms. The summed E-state index contributed by atoms with van der Waals surface area (Å²) in [7, 11) is 1.58. The molecule has 0 unspecified atom stereocenters. The highest BCUT2D eigenvalue weighted by molar-refractivity contribution is 5.81. The molecule has 3 rings (SSSR count). The number of carbonyl (C=O) groups excluding carboxylic acids is 1. The maximum Gasteiger partial charge on any atom is 0.387 e. The zero-order valence-corrected chi connectivity index (χ0v) is 16.5. The van der Waals surface area contributed by atoms with Crippen molar-refractivity contribution in [3.05, 3.63) is 64.6 Å². The average molecular weight is 417 g/mol. The molecule has 0 bridgehead atoms. The molecule has 30 heavy (non-hydrogen) atoms. The first-order valence-corrected chi connectivity index (χ1v) is 9.28. The third-order valence-corrected chi connectivity index (χ3v) is 4.42. The Hall–Kier alpha value is -3.49. The lowest BCUT2D eigenvalue weighted by Gasteiger charge is -2.19. The van der Waals surface area contributed by atoms with Gasteiger partial charge in [0.25, 0.3) is 5.56 Å². The largest absolute Gasteiger partial charge is 0.490 e. The number of benzene rings is 2. The van der Waals surface area contributed by atoms with Crippen molar-refractivity contribution in [1.82, 2.24) is 14.7 Å². The van der Waals surface area contributed by atoms with E-state index in [4.69, 9.17) is 4.74 Å². The smallest absolute Gasteiger partial charge is 0.387 e. The van der Waals surface area contributed by atoms with E-state index in [-0.39, 0.29) is 42.7 Å². The molecule has 9 heteroatoms. The number of rotatable bonds is 8. The van der Waals surface area contributed by atoms with Crippen molar-refractivity contribution in [2.75, 3.05) is 13.7 Å². The fraction of sp³-hybridized carbons (Fsp3) is 0.286. The molecular weight excluding hydrogens is 396 g/mol. The van der Waals surface area contributed by atoms with Crippen LogP contribution in [0.4, 0.5) is 8.78 Å². The summed E-state index contributed by atoms with van der Waals surface area (Å²) < 4.78 is 36.0. The van der Waals surface area contributed by atoms with Gasteiger partial charge in [-0.3, -0.25) is 9.59 Å². The van der Waals surface area contributed by atoms with Gasteiger partial charge in [0, 0.05) is 19.0 Å². The van der Waals surface area contributed by atoms with E-state index in [1.165, 1.54) is 11.0 Å². The van der Waals surface area contributed by atoms with Crippen molar-refractivity contribution in [3.8, 4) is 11.5 Å². The van der Waals surface area contributed by atoms with Crippen molar-refractivity contribution >= 4 is 16.7 Å². The first-order valence-electron chi connectivity index (χ1n) is 9.28. The number of fused-ring (bicyclic) bond motifs is 1. The van der Waals surface area contributed by atoms with Crippen LogP contribution in [0.1, 0.15) is 12.5 Å². The van der Waals surface area contributed by atoms with Gasteiger partial charge >= 0.3 is 6.61 Å². The number of carbonyl (C=O) groups is 1. The van der Waals surface area contributed by atoms with Gasteiger partial charge < -0.3 is 14.4 Å². The van der Waals surface area contributed by atoms with Gasteiger partial charge in [0.2, 0.25) is 5.91 Å². The fourth-order valence-corrected chi connectivity index (χ4v) is 2.96. The molecule has 0 saturated heterocycles. The zero-order valence-electron chi connectivity index (χ0n) is 16.5. The lowest BCUT2D eigenvalue weighted by atomic mass is 10.2. The number of hydrogen-bond donors (Lipinski definition) is 0. The van der Waals surface area contributed by atoms with Crippen LogP contribution in [0.3, 0.4) is 0 Å². The normalized spacial score (nSPS) is 11.0. The molecule has 7 nitrogen and oxygen atoms in total. The van der Waals surface area contributed by atoms with Crippen LogP contribution in [0.5, 0.6) is 11.5 Å². The number of ether oxygens (including phenoxy) is 2. The lowest BCUT2D eigenvalue weighted by molar-refractivity contribution is -0.131. The molecule has 0 fully saturated rings. The van der Waals surface area contributed by atoms with Gasteiger partial charge in [-0.2, -0.15) is 13.9 Å². The Morgan fingerprint density at radius 3 is 2.70 bits per heavy atom. The minimum atomic E-state index is -2.97. The van der Waals surface area contributed by atoms with Crippen LogP contribution in [0.15, 0.2) is 53.5 Å². The SMILES string of the molecule is CCOc1cc(CN(C)C(=O)Cn2ncc3ccccc3c2=O)ccc1OC(F)F. The van der Waals surface area contributed by atoms with Gasteiger partial charge in [0.1, 0.15) is 6.54 Å². The van der Waals surface area contributed by atoms with Gasteiger partial charge in [-0.05, 0) is 30.7 Å². The second kappa shape index (κ2) is 9.34. The van der Waals surface area contributed by atoms with Crippen LogP contribution in [-0.4, -0.2) is 40.9 Å². The third kappa shape index (κ3) is 4.91. The predicted octanol–water partition coefficient (Wildman–Crippen LogP) is 3.06. The highest BCUT2D eigenvalue weighted by atomic mass is 19.3. The van der Waals surface area contributed by atoms with Crippen LogP contribution < -0.4 is 15.0 Å². The van der Waals surface area contributed by atoms with Gasteiger partial charge in [-0.25, -0.2) is 4.68 Å². The molecule has 1 amide bonds. The summed E-state index contributed by atoms with van der Waals surface area (Å²) in [5.41, 5.74) is 0.316. The highest BCUT2D eigenvalue weighted by Gasteiger charge is 2.16. The highest BCUT2D eigenvalue weighted by Crippen LogP contribution is 2.30. The van der Waals surface area contributed by atoms with Gasteiger partial charge in [-0.15, -0.1) is 0 Å². The van der Waals surface area contributed by atoms with Crippen molar-refractivity contribution in [2.24, 2.45) is 0 Å². The van der Waals surface area contributed by atoms with E-state index in [0.717, 1.165) is 4.68 Å². The third-order valence-electron chi connectivity index (χ3n) is 4.42. The molecular formula is C21H21F2N3O4. The second-order valence-electron chi connectivity index (χ2n) is 6.54. The monoisotopic (exact) mass is 417 g/mol. The van der Waals surface area contributed by atoms with Gasteiger partial charge in [0.15, 0.2) is 11.5 Å². The summed E-state index contributed by atoms with van der Waals surface area (Å²) in [6.45, 7) is -0.995. The second-order valence-corrected chi connectivity index (χ2v) is 6.54. The van der Waals surface area contributed by atoms with Gasteiger partial charge in [0.05, 0.1) is 18.2 Å². The fourth-order valence-electron chi connectivity index (χ4n) is 2.96. The molecule has 158 valence electrons. The number of likely N-dealkylation sites (N-methyl/N-ethyl adjacent to an activating group) is 1. The molecule has 0 aliphatic rings. The molecule has 1 heterocycles. The number of aromatic nitrogens is 2. The lowest BCUT2D eigenvalue weighted by Crippen LogP contribution is -2.34. The summed E-state index contributed by atoms with van der Waals surface area (Å²) in [5, 5.41) is 5.25. The van der Waals surface area contributed by atoms with Crippen LogP contribution >= 0.6 is 0 Å². The van der Waals surface area contributed by atoms with Crippen LogP contribution in [0.25, 0.3) is 10.8 Å². The number of halogens is 2. The molecule has 0 aliphatic carbocycles. The van der Waals surface area contributed by atoms with E-state index < -0.39 is 6.61 Å². The molecule has 1 aromatic heterocycles. The van der Waals surface area contributed by atoms with Crippen LogP contribution in [0, 0.1) is 0 Å². The molecule has 2 aromatic carbocycles. The summed E-state index contributed by atoms with van der Waals surface area (Å²) in [5.74, 6) is -0.231. The summed E-state index contributed by atoms with van der Waals surface area (Å²) in [4.78, 5) is 26.5. The summed E-state index contributed by atoms with van der Waals surface area (Å²) in [6.07, 6.45) is 1.54. The van der Waals surface area contributed by atoms with Crippen molar-refractivity contribution < 1.29 is 23.0 Å². The molecule has 0 saturated carbocycles. The van der Waals surface area contributed by atoms with E-state index in [1.54, 1.807) is 56.6 Å². The van der Waals surface area contributed by atoms with Gasteiger partial charge in [-0.1, -0.05) is 24.3 Å². The molecule has 3 aromatic rings. The van der Waals surface area contributed by atoms with E-state index in [9.17, 15) is 18.4 Å². The minimum Gasteiger partial charge on any atom is -0.490 e. The van der Waals surface area contributed by atoms with E-state index in [1.807, 2.05) is 0 Å². The maximum absolute atomic E-state index is 12.6. The first-order chi connectivity index (χ1) is 14.4. The number of hydrogen-bond acceptors (Lipinski definition) is 5. The molecule has 0 aliphatic heterocycles. The van der Waals surface area contributed by atoms with E-state index >= 15 is 0 Å². The quantitative estimate of drug-likeness (QED) is 0.563. The Balaban J connectivity index is 1.73. The number of amides is 1. The van der Waals surface area contributed by atoms with Crippen molar-refractivity contribution in [1.29, 1.82) is 0 Å². The van der Waals surface area contributed by atoms with Crippen molar-refractivity contribution in [2.45, 2.75) is 26.6 Å². The Kier molecular flexibility index (Phi) is 6.61. The number of nitrogens with zero attached hydrogens (tertiary/aromatic N) is 3. The predicted molar refractivity (Wildman–Crippen MR) is 107 cm³/mol. The Morgan fingerprint density at radius 2 is 1.97 bits per heavy atom. The first kappa shape index (κ1) is 21.2. The average Bonchev–Trinajstić information content (AvgIpc) is 2.72. The Bertz CT molecular complexity index is 1100. The maximum atomic E-state index is 12.6. The minimum absolute atomic E-state index is 0.0727. The Labute approximate surface area is 171 Å². The number of alkyl halides is 2.